The lowest BCUT2D eigenvalue weighted by atomic mass is 9.75. The molecule has 0 radical (unpaired) electrons. The molecule has 0 bridgehead atoms. The standard InChI is InChI=1S/C18H24N4O3/c1-25-17-6-5-13(11-19-17)18(14-7-15(23)8-14)22-16(24)4-2-3-12-9-20-21-10-12/h5-6,9-11,14-15,18,23H,2-4,7-8H2,1H3,(H,20,21)(H,22,24). The predicted octanol–water partition coefficient (Wildman–Crippen LogP) is 1.76. The van der Waals surface area contributed by atoms with Crippen LogP contribution in [0.25, 0.3) is 0 Å². The first-order valence-corrected chi connectivity index (χ1v) is 8.60. The highest BCUT2D eigenvalue weighted by molar-refractivity contribution is 5.76. The molecule has 0 spiro atoms. The molecular formula is C18H24N4O3. The number of aliphatic hydroxyl groups is 1. The van der Waals surface area contributed by atoms with Crippen LogP contribution in [-0.4, -0.2) is 39.4 Å². The normalized spacial score (nSPS) is 20.6. The van der Waals surface area contributed by atoms with Gasteiger partial charge in [0.2, 0.25) is 11.8 Å². The van der Waals surface area contributed by atoms with E-state index in [1.807, 2.05) is 12.3 Å². The van der Waals surface area contributed by atoms with Gasteiger partial charge in [0.25, 0.3) is 0 Å². The quantitative estimate of drug-likeness (QED) is 0.677. The van der Waals surface area contributed by atoms with Gasteiger partial charge in [-0.05, 0) is 42.7 Å². The molecule has 1 amide bonds. The van der Waals surface area contributed by atoms with E-state index in [2.05, 4.69) is 20.5 Å². The van der Waals surface area contributed by atoms with Gasteiger partial charge in [-0.2, -0.15) is 5.10 Å². The van der Waals surface area contributed by atoms with Gasteiger partial charge in [0.05, 0.1) is 25.5 Å². The number of methoxy groups -OCH3 is 1. The number of aryl methyl sites for hydroxylation is 1. The van der Waals surface area contributed by atoms with Crippen LogP contribution in [0, 0.1) is 5.92 Å². The maximum absolute atomic E-state index is 12.4. The number of carbonyl (C=O) groups excluding carboxylic acids is 1. The number of hydrogen-bond acceptors (Lipinski definition) is 5. The minimum absolute atomic E-state index is 0.0192. The van der Waals surface area contributed by atoms with E-state index >= 15 is 0 Å². The van der Waals surface area contributed by atoms with Crippen molar-refractivity contribution in [1.82, 2.24) is 20.5 Å². The Morgan fingerprint density at radius 2 is 2.28 bits per heavy atom. The third-order valence-corrected chi connectivity index (χ3v) is 4.69. The highest BCUT2D eigenvalue weighted by Crippen LogP contribution is 2.38. The number of aliphatic hydroxyl groups excluding tert-OH is 1. The van der Waals surface area contributed by atoms with Crippen molar-refractivity contribution in [2.24, 2.45) is 5.92 Å². The molecule has 1 unspecified atom stereocenters. The minimum atomic E-state index is -0.267. The van der Waals surface area contributed by atoms with Gasteiger partial charge in [-0.15, -0.1) is 0 Å². The molecular weight excluding hydrogens is 320 g/mol. The van der Waals surface area contributed by atoms with E-state index < -0.39 is 0 Å². The van der Waals surface area contributed by atoms with Crippen LogP contribution in [-0.2, 0) is 11.2 Å². The second-order valence-corrected chi connectivity index (χ2v) is 6.52. The van der Waals surface area contributed by atoms with Gasteiger partial charge in [0.1, 0.15) is 0 Å². The SMILES string of the molecule is COc1ccc(C(NC(=O)CCCc2cn[nH]c2)C2CC(O)C2)cn1. The lowest BCUT2D eigenvalue weighted by Crippen LogP contribution is -2.41. The Hall–Kier alpha value is -2.41. The van der Waals surface area contributed by atoms with Crippen LogP contribution in [0.5, 0.6) is 5.88 Å². The molecule has 7 nitrogen and oxygen atoms in total. The number of pyridine rings is 1. The number of hydrogen-bond donors (Lipinski definition) is 3. The van der Waals surface area contributed by atoms with Crippen molar-refractivity contribution in [3.63, 3.8) is 0 Å². The number of amides is 1. The number of ether oxygens (including phenoxy) is 1. The van der Waals surface area contributed by atoms with E-state index in [4.69, 9.17) is 4.74 Å². The van der Waals surface area contributed by atoms with Gasteiger partial charge in [-0.1, -0.05) is 6.07 Å². The summed E-state index contributed by atoms with van der Waals surface area (Å²) in [7, 11) is 1.57. The summed E-state index contributed by atoms with van der Waals surface area (Å²) in [5, 5.41) is 19.4. The lowest BCUT2D eigenvalue weighted by Gasteiger charge is -2.38. The molecule has 7 heteroatoms. The molecule has 2 heterocycles. The molecule has 1 aliphatic rings. The predicted molar refractivity (Wildman–Crippen MR) is 91.9 cm³/mol. The Balaban J connectivity index is 1.57. The van der Waals surface area contributed by atoms with Gasteiger partial charge < -0.3 is 15.2 Å². The number of aromatic amines is 1. The Morgan fingerprint density at radius 3 is 2.88 bits per heavy atom. The zero-order chi connectivity index (χ0) is 17.6. The van der Waals surface area contributed by atoms with Gasteiger partial charge in [0.15, 0.2) is 0 Å². The number of nitrogens with one attached hydrogen (secondary N) is 2. The third kappa shape index (κ3) is 4.57. The third-order valence-electron chi connectivity index (χ3n) is 4.69. The number of aromatic nitrogens is 3. The van der Waals surface area contributed by atoms with Crippen molar-refractivity contribution in [3.8, 4) is 5.88 Å². The number of H-pyrrole nitrogens is 1. The number of nitrogens with zero attached hydrogens (tertiary/aromatic N) is 2. The molecule has 2 aromatic heterocycles. The Morgan fingerprint density at radius 1 is 1.44 bits per heavy atom. The average molecular weight is 344 g/mol. The van der Waals surface area contributed by atoms with Crippen molar-refractivity contribution in [2.75, 3.05) is 7.11 Å². The Labute approximate surface area is 146 Å². The molecule has 0 saturated heterocycles. The van der Waals surface area contributed by atoms with E-state index in [1.54, 1.807) is 25.6 Å². The van der Waals surface area contributed by atoms with Crippen LogP contribution in [0.1, 0.15) is 42.9 Å². The average Bonchev–Trinajstić information content (AvgIpc) is 3.11. The topological polar surface area (TPSA) is 100 Å². The lowest BCUT2D eigenvalue weighted by molar-refractivity contribution is -0.123. The van der Waals surface area contributed by atoms with Gasteiger partial charge >= 0.3 is 0 Å². The van der Waals surface area contributed by atoms with E-state index in [9.17, 15) is 9.90 Å². The smallest absolute Gasteiger partial charge is 0.220 e. The summed E-state index contributed by atoms with van der Waals surface area (Å²) < 4.78 is 5.09. The summed E-state index contributed by atoms with van der Waals surface area (Å²) in [6.45, 7) is 0. The molecule has 3 rings (SSSR count). The summed E-state index contributed by atoms with van der Waals surface area (Å²) in [5.41, 5.74) is 2.05. The number of carbonyl (C=O) groups is 1. The fraction of sp³-hybridized carbons (Fsp3) is 0.500. The first-order chi connectivity index (χ1) is 12.2. The maximum atomic E-state index is 12.4. The van der Waals surface area contributed by atoms with Crippen LogP contribution in [0.4, 0.5) is 0 Å². The molecule has 0 aromatic carbocycles. The largest absolute Gasteiger partial charge is 0.481 e. The summed E-state index contributed by atoms with van der Waals surface area (Å²) in [6.07, 6.45) is 8.54. The molecule has 25 heavy (non-hydrogen) atoms. The zero-order valence-corrected chi connectivity index (χ0v) is 14.3. The first-order valence-electron chi connectivity index (χ1n) is 8.60. The Bertz CT molecular complexity index is 666. The van der Waals surface area contributed by atoms with Crippen LogP contribution in [0.2, 0.25) is 0 Å². The van der Waals surface area contributed by atoms with E-state index in [0.29, 0.717) is 25.1 Å². The van der Waals surface area contributed by atoms with Crippen LogP contribution >= 0.6 is 0 Å². The summed E-state index contributed by atoms with van der Waals surface area (Å²) in [6, 6.07) is 3.60. The van der Waals surface area contributed by atoms with Crippen molar-refractivity contribution >= 4 is 5.91 Å². The van der Waals surface area contributed by atoms with E-state index in [0.717, 1.165) is 24.0 Å². The van der Waals surface area contributed by atoms with Crippen LogP contribution in [0.3, 0.4) is 0 Å². The van der Waals surface area contributed by atoms with Crippen molar-refractivity contribution in [3.05, 3.63) is 41.9 Å². The fourth-order valence-electron chi connectivity index (χ4n) is 3.18. The van der Waals surface area contributed by atoms with Crippen molar-refractivity contribution in [1.29, 1.82) is 0 Å². The highest BCUT2D eigenvalue weighted by atomic mass is 16.5. The molecule has 134 valence electrons. The fourth-order valence-corrected chi connectivity index (χ4v) is 3.18. The minimum Gasteiger partial charge on any atom is -0.481 e. The second-order valence-electron chi connectivity index (χ2n) is 6.52. The summed E-state index contributed by atoms with van der Waals surface area (Å²) >= 11 is 0. The van der Waals surface area contributed by atoms with Crippen LogP contribution < -0.4 is 10.1 Å². The number of rotatable bonds is 8. The second kappa shape index (κ2) is 8.11. The van der Waals surface area contributed by atoms with Crippen molar-refractivity contribution in [2.45, 2.75) is 44.2 Å². The van der Waals surface area contributed by atoms with Crippen LogP contribution in [0.15, 0.2) is 30.7 Å². The maximum Gasteiger partial charge on any atom is 0.220 e. The zero-order valence-electron chi connectivity index (χ0n) is 14.3. The molecule has 0 aliphatic heterocycles. The summed E-state index contributed by atoms with van der Waals surface area (Å²) in [5.74, 6) is 0.802. The highest BCUT2D eigenvalue weighted by Gasteiger charge is 2.35. The van der Waals surface area contributed by atoms with Gasteiger partial charge in [0, 0.05) is 24.9 Å². The first kappa shape index (κ1) is 17.4. The Kier molecular flexibility index (Phi) is 5.65. The van der Waals surface area contributed by atoms with Crippen molar-refractivity contribution < 1.29 is 14.6 Å². The summed E-state index contributed by atoms with van der Waals surface area (Å²) in [4.78, 5) is 16.6. The molecule has 1 aliphatic carbocycles. The monoisotopic (exact) mass is 344 g/mol. The van der Waals surface area contributed by atoms with E-state index in [-0.39, 0.29) is 24.0 Å². The van der Waals surface area contributed by atoms with Gasteiger partial charge in [-0.25, -0.2) is 4.98 Å². The molecule has 1 atom stereocenters. The molecule has 1 saturated carbocycles. The molecule has 2 aromatic rings. The van der Waals surface area contributed by atoms with E-state index in [1.165, 1.54) is 0 Å². The molecule has 3 N–H and O–H groups in total. The van der Waals surface area contributed by atoms with Gasteiger partial charge in [-0.3, -0.25) is 9.89 Å². The molecule has 1 fully saturated rings.